The number of carbonyl (C=O) groups is 1. The lowest BCUT2D eigenvalue weighted by molar-refractivity contribution is 0.0473. The summed E-state index contributed by atoms with van der Waals surface area (Å²) < 4.78 is 19.2. The van der Waals surface area contributed by atoms with Crippen molar-refractivity contribution in [1.82, 2.24) is 0 Å². The van der Waals surface area contributed by atoms with Gasteiger partial charge >= 0.3 is 5.97 Å². The van der Waals surface area contributed by atoms with E-state index in [2.05, 4.69) is 15.9 Å². The van der Waals surface area contributed by atoms with Crippen LogP contribution in [-0.4, -0.2) is 5.97 Å². The Balaban J connectivity index is 2.08. The average molecular weight is 324 g/mol. The standard InChI is InChI=1S/C14H11BrFNO2/c15-10-4-1-3-9(7-10)8-19-14(18)11-5-2-6-12(16)13(11)17/h1-7H,8,17H2. The molecule has 98 valence electrons. The summed E-state index contributed by atoms with van der Waals surface area (Å²) in [7, 11) is 0. The molecule has 0 amide bonds. The van der Waals surface area contributed by atoms with Crippen LogP contribution in [0.25, 0.3) is 0 Å². The molecule has 0 atom stereocenters. The van der Waals surface area contributed by atoms with Crippen molar-refractivity contribution in [2.75, 3.05) is 5.73 Å². The maximum Gasteiger partial charge on any atom is 0.340 e. The zero-order valence-electron chi connectivity index (χ0n) is 9.90. The van der Waals surface area contributed by atoms with E-state index < -0.39 is 11.8 Å². The normalized spacial score (nSPS) is 10.2. The molecule has 0 aliphatic carbocycles. The van der Waals surface area contributed by atoms with Crippen molar-refractivity contribution in [2.45, 2.75) is 6.61 Å². The van der Waals surface area contributed by atoms with E-state index in [1.54, 1.807) is 0 Å². The first kappa shape index (κ1) is 13.5. The van der Waals surface area contributed by atoms with Gasteiger partial charge in [0.1, 0.15) is 12.4 Å². The van der Waals surface area contributed by atoms with Crippen LogP contribution in [0.5, 0.6) is 0 Å². The lowest BCUT2D eigenvalue weighted by Crippen LogP contribution is -2.09. The van der Waals surface area contributed by atoms with Crippen molar-refractivity contribution in [1.29, 1.82) is 0 Å². The second-order valence-electron chi connectivity index (χ2n) is 3.91. The van der Waals surface area contributed by atoms with Crippen molar-refractivity contribution in [2.24, 2.45) is 0 Å². The maximum atomic E-state index is 13.2. The number of rotatable bonds is 3. The van der Waals surface area contributed by atoms with E-state index in [9.17, 15) is 9.18 Å². The highest BCUT2D eigenvalue weighted by Crippen LogP contribution is 2.18. The van der Waals surface area contributed by atoms with Gasteiger partial charge in [-0.25, -0.2) is 9.18 Å². The Morgan fingerprint density at radius 2 is 2.00 bits per heavy atom. The maximum absolute atomic E-state index is 13.2. The Bertz CT molecular complexity index is 616. The Morgan fingerprint density at radius 3 is 2.74 bits per heavy atom. The molecule has 0 unspecified atom stereocenters. The van der Waals surface area contributed by atoms with Gasteiger partial charge in [-0.3, -0.25) is 0 Å². The summed E-state index contributed by atoms with van der Waals surface area (Å²) >= 11 is 3.33. The molecule has 5 heteroatoms. The first-order valence-electron chi connectivity index (χ1n) is 5.53. The van der Waals surface area contributed by atoms with Gasteiger partial charge in [-0.15, -0.1) is 0 Å². The van der Waals surface area contributed by atoms with Gasteiger partial charge in [-0.2, -0.15) is 0 Å². The zero-order valence-corrected chi connectivity index (χ0v) is 11.5. The summed E-state index contributed by atoms with van der Waals surface area (Å²) in [4.78, 5) is 11.8. The first-order valence-corrected chi connectivity index (χ1v) is 6.33. The predicted molar refractivity (Wildman–Crippen MR) is 74.1 cm³/mol. The fraction of sp³-hybridized carbons (Fsp3) is 0.0714. The summed E-state index contributed by atoms with van der Waals surface area (Å²) in [5.41, 5.74) is 6.17. The molecule has 2 N–H and O–H groups in total. The molecule has 2 aromatic rings. The quantitative estimate of drug-likeness (QED) is 0.694. The highest BCUT2D eigenvalue weighted by molar-refractivity contribution is 9.10. The predicted octanol–water partition coefficient (Wildman–Crippen LogP) is 3.53. The monoisotopic (exact) mass is 323 g/mol. The number of hydrogen-bond donors (Lipinski definition) is 1. The minimum atomic E-state index is -0.642. The lowest BCUT2D eigenvalue weighted by atomic mass is 10.2. The molecule has 3 nitrogen and oxygen atoms in total. The summed E-state index contributed by atoms with van der Waals surface area (Å²) in [6, 6.07) is 11.4. The SMILES string of the molecule is Nc1c(F)cccc1C(=O)OCc1cccc(Br)c1. The fourth-order valence-electron chi connectivity index (χ4n) is 1.57. The second kappa shape index (κ2) is 5.84. The highest BCUT2D eigenvalue weighted by Gasteiger charge is 2.13. The van der Waals surface area contributed by atoms with Gasteiger partial charge in [0.15, 0.2) is 0 Å². The molecule has 0 saturated heterocycles. The smallest absolute Gasteiger partial charge is 0.340 e. The highest BCUT2D eigenvalue weighted by atomic mass is 79.9. The van der Waals surface area contributed by atoms with Gasteiger partial charge in [0, 0.05) is 4.47 Å². The minimum Gasteiger partial charge on any atom is -0.457 e. The Labute approximate surface area is 118 Å². The van der Waals surface area contributed by atoms with E-state index in [1.165, 1.54) is 18.2 Å². The van der Waals surface area contributed by atoms with Gasteiger partial charge in [0.05, 0.1) is 11.3 Å². The van der Waals surface area contributed by atoms with Crippen molar-refractivity contribution < 1.29 is 13.9 Å². The van der Waals surface area contributed by atoms with Crippen LogP contribution in [0.2, 0.25) is 0 Å². The number of benzene rings is 2. The van der Waals surface area contributed by atoms with Gasteiger partial charge in [-0.05, 0) is 29.8 Å². The summed E-state index contributed by atoms with van der Waals surface area (Å²) in [5.74, 6) is -1.27. The van der Waals surface area contributed by atoms with E-state index in [0.717, 1.165) is 10.0 Å². The molecule has 0 radical (unpaired) electrons. The van der Waals surface area contributed by atoms with Crippen molar-refractivity contribution in [3.63, 3.8) is 0 Å². The molecule has 0 fully saturated rings. The van der Waals surface area contributed by atoms with Crippen LogP contribution < -0.4 is 5.73 Å². The number of nitrogen functional groups attached to an aromatic ring is 1. The Morgan fingerprint density at radius 1 is 1.26 bits per heavy atom. The molecule has 0 heterocycles. The number of hydrogen-bond acceptors (Lipinski definition) is 3. The number of para-hydroxylation sites is 1. The third-order valence-corrected chi connectivity index (χ3v) is 3.03. The van der Waals surface area contributed by atoms with Crippen molar-refractivity contribution >= 4 is 27.6 Å². The third kappa shape index (κ3) is 3.32. The largest absolute Gasteiger partial charge is 0.457 e. The molecule has 0 aliphatic rings. The van der Waals surface area contributed by atoms with Crippen molar-refractivity contribution in [3.8, 4) is 0 Å². The third-order valence-electron chi connectivity index (χ3n) is 2.53. The molecule has 0 saturated carbocycles. The van der Waals surface area contributed by atoms with Crippen molar-refractivity contribution in [3.05, 3.63) is 63.9 Å². The minimum absolute atomic E-state index is 0.0370. The van der Waals surface area contributed by atoms with Crippen LogP contribution in [0.15, 0.2) is 46.9 Å². The Hall–Kier alpha value is -1.88. The van der Waals surface area contributed by atoms with Gasteiger partial charge in [0.25, 0.3) is 0 Å². The second-order valence-corrected chi connectivity index (χ2v) is 4.82. The van der Waals surface area contributed by atoms with Crippen LogP contribution in [0.1, 0.15) is 15.9 Å². The van der Waals surface area contributed by atoms with E-state index in [4.69, 9.17) is 10.5 Å². The van der Waals surface area contributed by atoms with Crippen LogP contribution >= 0.6 is 15.9 Å². The number of halogens is 2. The van der Waals surface area contributed by atoms with Crippen LogP contribution in [0.3, 0.4) is 0 Å². The Kier molecular flexibility index (Phi) is 4.16. The molecular formula is C14H11BrFNO2. The molecule has 0 aromatic heterocycles. The molecule has 0 aliphatic heterocycles. The van der Waals surface area contributed by atoms with Crippen LogP contribution in [-0.2, 0) is 11.3 Å². The van der Waals surface area contributed by atoms with Gasteiger partial charge in [0.2, 0.25) is 0 Å². The number of ether oxygens (including phenoxy) is 1. The number of esters is 1. The van der Waals surface area contributed by atoms with E-state index in [1.807, 2.05) is 24.3 Å². The molecule has 0 spiro atoms. The summed E-state index contributed by atoms with van der Waals surface area (Å²) in [6.07, 6.45) is 0. The number of carbonyl (C=O) groups excluding carboxylic acids is 1. The van der Waals surface area contributed by atoms with Crippen LogP contribution in [0, 0.1) is 5.82 Å². The average Bonchev–Trinajstić information content (AvgIpc) is 2.39. The zero-order chi connectivity index (χ0) is 13.8. The number of anilines is 1. The molecular weight excluding hydrogens is 313 g/mol. The van der Waals surface area contributed by atoms with E-state index >= 15 is 0 Å². The van der Waals surface area contributed by atoms with E-state index in [-0.39, 0.29) is 17.9 Å². The molecule has 19 heavy (non-hydrogen) atoms. The molecule has 0 bridgehead atoms. The van der Waals surface area contributed by atoms with Gasteiger partial charge in [-0.1, -0.05) is 34.1 Å². The van der Waals surface area contributed by atoms with E-state index in [0.29, 0.717) is 0 Å². The topological polar surface area (TPSA) is 52.3 Å². The molecule has 2 aromatic carbocycles. The van der Waals surface area contributed by atoms with Gasteiger partial charge < -0.3 is 10.5 Å². The number of nitrogens with two attached hydrogens (primary N) is 1. The lowest BCUT2D eigenvalue weighted by Gasteiger charge is -2.07. The first-order chi connectivity index (χ1) is 9.08. The fourth-order valence-corrected chi connectivity index (χ4v) is 2.02. The van der Waals surface area contributed by atoms with Crippen LogP contribution in [0.4, 0.5) is 10.1 Å². The summed E-state index contributed by atoms with van der Waals surface area (Å²) in [5, 5.41) is 0. The molecule has 2 rings (SSSR count). The summed E-state index contributed by atoms with van der Waals surface area (Å²) in [6.45, 7) is 0.105.